The molecule has 1 aliphatic carbocycles. The largest absolute Gasteiger partial charge is 0.484 e. The number of para-hydroxylation sites is 1. The highest BCUT2D eigenvalue weighted by Crippen LogP contribution is 2.23. The number of hydrogen-bond acceptors (Lipinski definition) is 5. The molecule has 0 spiro atoms. The fourth-order valence-corrected chi connectivity index (χ4v) is 2.63. The highest BCUT2D eigenvalue weighted by Gasteiger charge is 2.32. The summed E-state index contributed by atoms with van der Waals surface area (Å²) in [6, 6.07) is 16.9. The maximum Gasteiger partial charge on any atom is 0.329 e. The minimum Gasteiger partial charge on any atom is -0.484 e. The lowest BCUT2D eigenvalue weighted by atomic mass is 10.1. The molecule has 0 unspecified atom stereocenters. The summed E-state index contributed by atoms with van der Waals surface area (Å²) in [6.07, 6.45) is 0.786. The fourth-order valence-electron chi connectivity index (χ4n) is 2.63. The molecule has 2 atom stereocenters. The van der Waals surface area contributed by atoms with Crippen LogP contribution in [0.4, 0.5) is 0 Å². The lowest BCUT2D eigenvalue weighted by Gasteiger charge is -2.20. The van der Waals surface area contributed by atoms with E-state index in [1.165, 1.54) is 6.92 Å². The number of carbonyl (C=O) groups excluding carboxylic acids is 3. The van der Waals surface area contributed by atoms with Crippen molar-refractivity contribution in [3.63, 3.8) is 0 Å². The summed E-state index contributed by atoms with van der Waals surface area (Å²) in [6.45, 7) is 1.27. The molecule has 1 fully saturated rings. The fraction of sp³-hybridized carbons (Fsp3) is 0.318. The third-order valence-electron chi connectivity index (χ3n) is 4.34. The highest BCUT2D eigenvalue weighted by atomic mass is 16.5. The predicted octanol–water partition coefficient (Wildman–Crippen LogP) is 2.13. The van der Waals surface area contributed by atoms with Crippen LogP contribution in [0.5, 0.6) is 5.75 Å². The van der Waals surface area contributed by atoms with Crippen molar-refractivity contribution < 1.29 is 23.9 Å². The van der Waals surface area contributed by atoms with E-state index in [2.05, 4.69) is 10.6 Å². The minimum atomic E-state index is -1.07. The number of amides is 2. The minimum absolute atomic E-state index is 0.139. The highest BCUT2D eigenvalue weighted by molar-refractivity contribution is 5.88. The van der Waals surface area contributed by atoms with E-state index in [0.717, 1.165) is 12.8 Å². The number of benzene rings is 2. The average Bonchev–Trinajstić information content (AvgIpc) is 3.55. The van der Waals surface area contributed by atoms with Gasteiger partial charge in [0.2, 0.25) is 6.10 Å². The van der Waals surface area contributed by atoms with E-state index in [9.17, 15) is 14.4 Å². The van der Waals surface area contributed by atoms with Crippen LogP contribution in [0, 0.1) is 0 Å². The van der Waals surface area contributed by atoms with Crippen LogP contribution in [0.15, 0.2) is 60.7 Å². The van der Waals surface area contributed by atoms with Crippen molar-refractivity contribution in [1.29, 1.82) is 0 Å². The van der Waals surface area contributed by atoms with Crippen LogP contribution in [-0.2, 0) is 19.1 Å². The van der Waals surface area contributed by atoms with Crippen LogP contribution in [0.2, 0.25) is 0 Å². The van der Waals surface area contributed by atoms with E-state index < -0.39 is 24.0 Å². The van der Waals surface area contributed by atoms with Gasteiger partial charge in [0, 0.05) is 11.6 Å². The Hall–Kier alpha value is -3.35. The SMILES string of the molecule is C[C@H](NC(=O)COc1ccccc1)C(=O)O[C@@H](C(=O)NC1CC1)c1ccccc1. The molecule has 0 bridgehead atoms. The molecule has 7 nitrogen and oxygen atoms in total. The van der Waals surface area contributed by atoms with E-state index in [1.807, 2.05) is 12.1 Å². The van der Waals surface area contributed by atoms with Crippen molar-refractivity contribution >= 4 is 17.8 Å². The summed E-state index contributed by atoms with van der Waals surface area (Å²) in [7, 11) is 0. The first-order valence-electron chi connectivity index (χ1n) is 9.56. The van der Waals surface area contributed by atoms with E-state index >= 15 is 0 Å². The number of rotatable bonds is 9. The van der Waals surface area contributed by atoms with Crippen LogP contribution in [0.25, 0.3) is 0 Å². The third-order valence-corrected chi connectivity index (χ3v) is 4.34. The molecule has 1 saturated carbocycles. The van der Waals surface area contributed by atoms with Crippen LogP contribution in [0.3, 0.4) is 0 Å². The molecule has 0 heterocycles. The second kappa shape index (κ2) is 9.73. The molecule has 1 aliphatic rings. The van der Waals surface area contributed by atoms with Gasteiger partial charge >= 0.3 is 5.97 Å². The van der Waals surface area contributed by atoms with Crippen LogP contribution < -0.4 is 15.4 Å². The van der Waals surface area contributed by atoms with Gasteiger partial charge in [-0.3, -0.25) is 9.59 Å². The predicted molar refractivity (Wildman–Crippen MR) is 106 cm³/mol. The second-order valence-electron chi connectivity index (χ2n) is 6.90. The molecule has 3 rings (SSSR count). The lowest BCUT2D eigenvalue weighted by molar-refractivity contribution is -0.159. The van der Waals surface area contributed by atoms with E-state index in [1.54, 1.807) is 48.5 Å². The first kappa shape index (κ1) is 20.4. The molecule has 0 radical (unpaired) electrons. The summed E-state index contributed by atoms with van der Waals surface area (Å²) < 4.78 is 10.8. The van der Waals surface area contributed by atoms with Gasteiger partial charge in [0.15, 0.2) is 6.61 Å². The van der Waals surface area contributed by atoms with Gasteiger partial charge in [0.1, 0.15) is 11.8 Å². The van der Waals surface area contributed by atoms with Crippen molar-refractivity contribution in [2.45, 2.75) is 38.0 Å². The van der Waals surface area contributed by atoms with Gasteiger partial charge in [-0.25, -0.2) is 4.79 Å². The summed E-state index contributed by atoms with van der Waals surface area (Å²) in [5.74, 6) is -0.966. The Balaban J connectivity index is 1.55. The standard InChI is InChI=1S/C22H24N2O5/c1-15(23-19(25)14-28-18-10-6-3-7-11-18)22(27)29-20(16-8-4-2-5-9-16)21(26)24-17-12-13-17/h2-11,15,17,20H,12-14H2,1H3,(H,23,25)(H,24,26)/t15-,20+/m0/s1. The van der Waals surface area contributed by atoms with Crippen LogP contribution in [-0.4, -0.2) is 36.5 Å². The van der Waals surface area contributed by atoms with Gasteiger partial charge in [0.05, 0.1) is 0 Å². The lowest BCUT2D eigenvalue weighted by Crippen LogP contribution is -2.43. The topological polar surface area (TPSA) is 93.7 Å². The second-order valence-corrected chi connectivity index (χ2v) is 6.90. The average molecular weight is 396 g/mol. The molecule has 2 N–H and O–H groups in total. The van der Waals surface area contributed by atoms with E-state index in [4.69, 9.17) is 9.47 Å². The van der Waals surface area contributed by atoms with Crippen LogP contribution >= 0.6 is 0 Å². The Labute approximate surface area is 169 Å². The van der Waals surface area contributed by atoms with Gasteiger partial charge in [-0.2, -0.15) is 0 Å². The first-order valence-corrected chi connectivity index (χ1v) is 9.56. The van der Waals surface area contributed by atoms with Crippen molar-refractivity contribution in [3.05, 3.63) is 66.2 Å². The summed E-state index contributed by atoms with van der Waals surface area (Å²) >= 11 is 0. The monoisotopic (exact) mass is 396 g/mol. The van der Waals surface area contributed by atoms with Crippen molar-refractivity contribution in [1.82, 2.24) is 10.6 Å². The normalized spacial score (nSPS) is 14.9. The van der Waals surface area contributed by atoms with Crippen molar-refractivity contribution in [2.75, 3.05) is 6.61 Å². The van der Waals surface area contributed by atoms with Gasteiger partial charge in [-0.15, -0.1) is 0 Å². The third kappa shape index (κ3) is 6.34. The van der Waals surface area contributed by atoms with E-state index in [0.29, 0.717) is 11.3 Å². The Bertz CT molecular complexity index is 837. The summed E-state index contributed by atoms with van der Waals surface area (Å²) in [5, 5.41) is 5.38. The quantitative estimate of drug-likeness (QED) is 0.634. The Morgan fingerprint density at radius 3 is 2.24 bits per heavy atom. The van der Waals surface area contributed by atoms with Gasteiger partial charge < -0.3 is 20.1 Å². The molecule has 2 aromatic carbocycles. The zero-order valence-corrected chi connectivity index (χ0v) is 16.2. The summed E-state index contributed by atoms with van der Waals surface area (Å²) in [4.78, 5) is 37.1. The molecule has 2 amide bonds. The Morgan fingerprint density at radius 2 is 1.62 bits per heavy atom. The first-order chi connectivity index (χ1) is 14.0. The van der Waals surface area contributed by atoms with Crippen LogP contribution in [0.1, 0.15) is 31.4 Å². The number of ether oxygens (including phenoxy) is 2. The number of carbonyl (C=O) groups is 3. The molecule has 0 aromatic heterocycles. The zero-order chi connectivity index (χ0) is 20.6. The molecule has 0 aliphatic heterocycles. The maximum atomic E-state index is 12.5. The Kier molecular flexibility index (Phi) is 6.84. The molecular weight excluding hydrogens is 372 g/mol. The number of hydrogen-bond donors (Lipinski definition) is 2. The molecule has 29 heavy (non-hydrogen) atoms. The van der Waals surface area contributed by atoms with Gasteiger partial charge in [-0.1, -0.05) is 48.5 Å². The number of esters is 1. The maximum absolute atomic E-state index is 12.5. The zero-order valence-electron chi connectivity index (χ0n) is 16.2. The molecule has 2 aromatic rings. The summed E-state index contributed by atoms with van der Waals surface area (Å²) in [5.41, 5.74) is 0.574. The molecule has 7 heteroatoms. The Morgan fingerprint density at radius 1 is 1.00 bits per heavy atom. The van der Waals surface area contributed by atoms with Gasteiger partial charge in [-0.05, 0) is 31.9 Å². The van der Waals surface area contributed by atoms with Crippen molar-refractivity contribution in [3.8, 4) is 5.75 Å². The number of nitrogens with one attached hydrogen (secondary N) is 2. The molecule has 0 saturated heterocycles. The van der Waals surface area contributed by atoms with Gasteiger partial charge in [0.25, 0.3) is 11.8 Å². The van der Waals surface area contributed by atoms with E-state index in [-0.39, 0.29) is 18.6 Å². The molecule has 152 valence electrons. The van der Waals surface area contributed by atoms with Crippen molar-refractivity contribution in [2.24, 2.45) is 0 Å². The smallest absolute Gasteiger partial charge is 0.329 e. The molecular formula is C22H24N2O5.